The van der Waals surface area contributed by atoms with E-state index in [2.05, 4.69) is 10.0 Å². The number of amides is 1. The molecule has 3 saturated heterocycles. The van der Waals surface area contributed by atoms with Gasteiger partial charge in [-0.2, -0.15) is 0 Å². The van der Waals surface area contributed by atoms with Crippen LogP contribution in [-0.4, -0.2) is 162 Å². The molecule has 1 aromatic rings. The lowest BCUT2D eigenvalue weighted by molar-refractivity contribution is -0.315. The quantitative estimate of drug-likeness (QED) is 0.166. The Kier molecular flexibility index (Phi) is 17.8. The normalized spacial score (nSPS) is 43.0. The van der Waals surface area contributed by atoms with Crippen molar-refractivity contribution < 1.29 is 72.0 Å². The first-order valence-corrected chi connectivity index (χ1v) is 23.5. The van der Waals surface area contributed by atoms with E-state index < -0.39 is 118 Å². The van der Waals surface area contributed by atoms with E-state index >= 15 is 0 Å². The number of methoxy groups -OCH3 is 1. The maximum Gasteiger partial charge on any atom is 0.311 e. The summed E-state index contributed by atoms with van der Waals surface area (Å²) in [5.74, 6) is -3.46. The number of cyclic esters (lactones) is 1. The number of anilines is 1. The number of benzene rings is 1. The molecule has 4 rings (SSSR count). The number of likely N-dealkylation sites (N-methyl/N-ethyl adjacent to an activating group) is 1. The summed E-state index contributed by atoms with van der Waals surface area (Å²) in [6.07, 6.45) is -11.2. The smallest absolute Gasteiger partial charge is 0.311 e. The molecule has 0 aromatic heterocycles. The molecule has 19 heteroatoms. The number of aliphatic hydroxyl groups excluding tert-OH is 3. The zero-order chi connectivity index (χ0) is 47.6. The number of rotatable bonds is 10. The van der Waals surface area contributed by atoms with Crippen molar-refractivity contribution in [1.29, 1.82) is 0 Å². The Hall–Kier alpha value is -2.37. The molecule has 4 unspecified atom stereocenters. The van der Waals surface area contributed by atoms with Crippen molar-refractivity contribution >= 4 is 27.6 Å². The van der Waals surface area contributed by atoms with Crippen LogP contribution in [0.2, 0.25) is 0 Å². The Morgan fingerprint density at radius 1 is 0.952 bits per heavy atom. The molecular weight excluding hydrogens is 843 g/mol. The number of hydrogen-bond donors (Lipinski definition) is 7. The summed E-state index contributed by atoms with van der Waals surface area (Å²) < 4.78 is 67.4. The van der Waals surface area contributed by atoms with Gasteiger partial charge in [0, 0.05) is 44.6 Å². The van der Waals surface area contributed by atoms with E-state index in [1.807, 2.05) is 11.8 Å². The van der Waals surface area contributed by atoms with Crippen LogP contribution in [0.5, 0.6) is 0 Å². The van der Waals surface area contributed by atoms with Gasteiger partial charge in [0.05, 0.1) is 52.5 Å². The number of nitrogens with zero attached hydrogens (tertiary/aromatic N) is 1. The molecule has 63 heavy (non-hydrogen) atoms. The molecule has 0 saturated carbocycles. The Balaban J connectivity index is 1.78. The van der Waals surface area contributed by atoms with Gasteiger partial charge in [0.15, 0.2) is 12.6 Å². The predicted molar refractivity (Wildman–Crippen MR) is 232 cm³/mol. The van der Waals surface area contributed by atoms with Crippen LogP contribution in [0.15, 0.2) is 29.2 Å². The van der Waals surface area contributed by atoms with Crippen LogP contribution in [0.1, 0.15) is 102 Å². The van der Waals surface area contributed by atoms with Gasteiger partial charge in [0.25, 0.3) is 0 Å². The molecule has 3 aliphatic rings. The third-order valence-electron chi connectivity index (χ3n) is 13.4. The van der Waals surface area contributed by atoms with Gasteiger partial charge in [-0.1, -0.05) is 20.8 Å². The molecule has 3 aliphatic heterocycles. The Morgan fingerprint density at radius 2 is 1.57 bits per heavy atom. The first-order chi connectivity index (χ1) is 29.1. The standard InChI is InChI=1S/C44H75N3O15S/c1-14-33-44(11,54)37(50)27(6)47(12)22-23(2)20-42(9,53)39(25(4)36(26(5)40(52)60-33)61-34-21-43(10,57-13)38(51)28(7)59-34)62-41-35(49)32(19-24(3)58-41)46-63(55,56)31-17-15-30(16-18-31)45-29(8)48/h15-18,23-28,32-39,41,46,49-51,53-54H,14,19-22H2,1-13H3,(H,45,48)/t23-,24?,25+,26-,27-,28?,32-,33-,34+,35?,36+,37-,38-,39-,41+,42-,43?,44-/m1/s1. The van der Waals surface area contributed by atoms with Crippen molar-refractivity contribution in [1.82, 2.24) is 9.62 Å². The Labute approximate surface area is 373 Å². The number of nitrogens with one attached hydrogen (secondary N) is 2. The summed E-state index contributed by atoms with van der Waals surface area (Å²) in [6, 6.07) is 3.81. The molecule has 0 bridgehead atoms. The fraction of sp³-hybridized carbons (Fsp3) is 0.818. The lowest BCUT2D eigenvalue weighted by Gasteiger charge is -2.48. The lowest BCUT2D eigenvalue weighted by atomic mass is 9.77. The maximum atomic E-state index is 14.4. The van der Waals surface area contributed by atoms with E-state index in [1.54, 1.807) is 62.4 Å². The van der Waals surface area contributed by atoms with E-state index in [1.165, 1.54) is 45.2 Å². The van der Waals surface area contributed by atoms with Crippen LogP contribution in [0.3, 0.4) is 0 Å². The summed E-state index contributed by atoms with van der Waals surface area (Å²) in [5.41, 5.74) is -4.34. The molecule has 0 spiro atoms. The zero-order valence-corrected chi connectivity index (χ0v) is 40.0. The van der Waals surface area contributed by atoms with Crippen LogP contribution in [0, 0.1) is 17.8 Å². The molecule has 0 aliphatic carbocycles. The average molecular weight is 918 g/mol. The molecular formula is C44H75N3O15S. The summed E-state index contributed by atoms with van der Waals surface area (Å²) >= 11 is 0. The topological polar surface area (TPSA) is 252 Å². The number of hydrogen-bond acceptors (Lipinski definition) is 16. The van der Waals surface area contributed by atoms with Gasteiger partial charge in [0.1, 0.15) is 30.0 Å². The second kappa shape index (κ2) is 21.1. The van der Waals surface area contributed by atoms with Crippen LogP contribution < -0.4 is 10.0 Å². The van der Waals surface area contributed by atoms with Gasteiger partial charge in [-0.3, -0.25) is 9.59 Å². The zero-order valence-electron chi connectivity index (χ0n) is 39.2. The van der Waals surface area contributed by atoms with Gasteiger partial charge in [0.2, 0.25) is 15.9 Å². The minimum absolute atomic E-state index is 0.0431. The predicted octanol–water partition coefficient (Wildman–Crippen LogP) is 2.28. The molecule has 18 atom stereocenters. The number of carbonyl (C=O) groups is 2. The lowest BCUT2D eigenvalue weighted by Crippen LogP contribution is -2.61. The number of ether oxygens (including phenoxy) is 6. The first-order valence-electron chi connectivity index (χ1n) is 22.0. The SMILES string of the molecule is CC[C@H]1OC(=O)[C@H](C)[C@@H](O[C@H]2CC(C)(OC)[C@H](O)C(C)O2)[C@H](C)[C@@H](O[C@@H]2OC(C)C[C@@H](NS(=O)(=O)c3ccc(NC(C)=O)cc3)C2O)[C@](C)(O)C[C@@H](C)CN(C)[C@H](C)[C@@H](O)[C@]1(C)O. The summed E-state index contributed by atoms with van der Waals surface area (Å²) in [7, 11) is -0.974. The average Bonchev–Trinajstić information content (AvgIpc) is 3.19. The van der Waals surface area contributed by atoms with Gasteiger partial charge < -0.3 is 64.2 Å². The van der Waals surface area contributed by atoms with Gasteiger partial charge in [-0.15, -0.1) is 0 Å². The van der Waals surface area contributed by atoms with E-state index in [0.717, 1.165) is 0 Å². The minimum Gasteiger partial charge on any atom is -0.459 e. The first kappa shape index (κ1) is 53.2. The van der Waals surface area contributed by atoms with Crippen molar-refractivity contribution in [3.8, 4) is 0 Å². The maximum absolute atomic E-state index is 14.4. The fourth-order valence-corrected chi connectivity index (χ4v) is 10.8. The van der Waals surface area contributed by atoms with Crippen LogP contribution in [-0.2, 0) is 48.0 Å². The van der Waals surface area contributed by atoms with Crippen molar-refractivity contribution in [3.63, 3.8) is 0 Å². The summed E-state index contributed by atoms with van der Waals surface area (Å²) in [6.45, 7) is 18.4. The Bertz CT molecular complexity index is 1790. The monoisotopic (exact) mass is 917 g/mol. The van der Waals surface area contributed by atoms with Crippen molar-refractivity contribution in [2.75, 3.05) is 26.0 Å². The van der Waals surface area contributed by atoms with E-state index in [-0.39, 0.29) is 42.4 Å². The molecule has 3 fully saturated rings. The van der Waals surface area contributed by atoms with Crippen LogP contribution in [0.25, 0.3) is 0 Å². The van der Waals surface area contributed by atoms with Crippen LogP contribution in [0.4, 0.5) is 5.69 Å². The van der Waals surface area contributed by atoms with Crippen molar-refractivity contribution in [2.45, 2.75) is 197 Å². The highest BCUT2D eigenvalue weighted by Gasteiger charge is 2.53. The van der Waals surface area contributed by atoms with Gasteiger partial charge in [-0.05, 0) is 105 Å². The van der Waals surface area contributed by atoms with Gasteiger partial charge >= 0.3 is 5.97 Å². The third-order valence-corrected chi connectivity index (χ3v) is 14.9. The second-order valence-corrected chi connectivity index (χ2v) is 20.8. The van der Waals surface area contributed by atoms with Crippen molar-refractivity contribution in [3.05, 3.63) is 24.3 Å². The van der Waals surface area contributed by atoms with E-state index in [9.17, 15) is 43.5 Å². The molecule has 3 heterocycles. The summed E-state index contributed by atoms with van der Waals surface area (Å²) in [5, 5.41) is 61.5. The highest BCUT2D eigenvalue weighted by Crippen LogP contribution is 2.40. The highest BCUT2D eigenvalue weighted by atomic mass is 32.2. The number of aliphatic hydroxyl groups is 5. The molecule has 0 radical (unpaired) electrons. The number of sulfonamides is 1. The minimum atomic E-state index is -4.22. The largest absolute Gasteiger partial charge is 0.459 e. The van der Waals surface area contributed by atoms with Crippen molar-refractivity contribution in [2.24, 2.45) is 17.8 Å². The van der Waals surface area contributed by atoms with E-state index in [0.29, 0.717) is 12.2 Å². The van der Waals surface area contributed by atoms with E-state index in [4.69, 9.17) is 28.4 Å². The Morgan fingerprint density at radius 3 is 2.14 bits per heavy atom. The third kappa shape index (κ3) is 12.5. The number of esters is 1. The molecule has 362 valence electrons. The van der Waals surface area contributed by atoms with Crippen LogP contribution >= 0.6 is 0 Å². The highest BCUT2D eigenvalue weighted by molar-refractivity contribution is 7.89. The molecule has 7 N–H and O–H groups in total. The summed E-state index contributed by atoms with van der Waals surface area (Å²) in [4.78, 5) is 27.6. The molecule has 1 amide bonds. The fourth-order valence-electron chi connectivity index (χ4n) is 9.55. The second-order valence-electron chi connectivity index (χ2n) is 19.1. The number of carbonyl (C=O) groups excluding carboxylic acids is 2. The molecule has 1 aromatic carbocycles. The van der Waals surface area contributed by atoms with Gasteiger partial charge in [-0.25, -0.2) is 13.1 Å². The molecule has 18 nitrogen and oxygen atoms in total.